The Bertz CT molecular complexity index is 46.1. The highest BCUT2D eigenvalue weighted by molar-refractivity contribution is 4.62. The molecule has 0 amide bonds. The number of hydrogen-bond acceptors (Lipinski definition) is 1. The summed E-state index contributed by atoms with van der Waals surface area (Å²) in [7, 11) is 0. The maximum atomic E-state index is 2.49. The van der Waals surface area contributed by atoms with Gasteiger partial charge in [0.1, 0.15) is 0 Å². The number of hydrogen-bond donors (Lipinski definition) is 0. The predicted molar refractivity (Wildman–Crippen MR) is 31.3 cm³/mol. The van der Waals surface area contributed by atoms with E-state index in [1.807, 2.05) is 0 Å². The van der Waals surface area contributed by atoms with E-state index in [4.69, 9.17) is 0 Å². The zero-order chi connectivity index (χ0) is 5.11. The normalized spacial score (nSPS) is 23.6. The minimum atomic E-state index is 1.25. The van der Waals surface area contributed by atoms with Crippen molar-refractivity contribution >= 4 is 0 Å². The Morgan fingerprint density at radius 1 is 1.29 bits per heavy atom. The van der Waals surface area contributed by atoms with Crippen LogP contribution in [0.2, 0.25) is 0 Å². The molecule has 1 heterocycles. The van der Waals surface area contributed by atoms with Gasteiger partial charge in [0.2, 0.25) is 0 Å². The van der Waals surface area contributed by atoms with Crippen molar-refractivity contribution in [2.75, 3.05) is 19.6 Å². The topological polar surface area (TPSA) is 3.24 Å². The van der Waals surface area contributed by atoms with E-state index in [1.165, 1.54) is 32.5 Å². The van der Waals surface area contributed by atoms with Crippen LogP contribution in [-0.2, 0) is 0 Å². The molecule has 0 atom stereocenters. The van der Waals surface area contributed by atoms with Crippen molar-refractivity contribution in [1.29, 1.82) is 0 Å². The standard InChI is InChI=1S/C6H13N/c1-2-7-5-3-4-6-7/h2-6H2,1H3. The highest BCUT2D eigenvalue weighted by Crippen LogP contribution is 2.04. The van der Waals surface area contributed by atoms with Crippen molar-refractivity contribution in [2.45, 2.75) is 19.8 Å². The van der Waals surface area contributed by atoms with Gasteiger partial charge in [-0.1, -0.05) is 6.92 Å². The quantitative estimate of drug-likeness (QED) is 0.476. The zero-order valence-corrected chi connectivity index (χ0v) is 4.98. The van der Waals surface area contributed by atoms with E-state index >= 15 is 0 Å². The lowest BCUT2D eigenvalue weighted by atomic mass is 10.4. The Morgan fingerprint density at radius 2 is 1.86 bits per heavy atom. The van der Waals surface area contributed by atoms with Crippen molar-refractivity contribution in [1.82, 2.24) is 4.90 Å². The van der Waals surface area contributed by atoms with Gasteiger partial charge in [0.15, 0.2) is 0 Å². The molecule has 1 aliphatic heterocycles. The first kappa shape index (κ1) is 5.10. The van der Waals surface area contributed by atoms with Gasteiger partial charge >= 0.3 is 0 Å². The van der Waals surface area contributed by atoms with Crippen LogP contribution in [0.4, 0.5) is 0 Å². The molecule has 0 saturated carbocycles. The molecule has 0 aromatic carbocycles. The maximum Gasteiger partial charge on any atom is -0.00184 e. The zero-order valence-electron chi connectivity index (χ0n) is 4.98. The largest absolute Gasteiger partial charge is 0.304 e. The summed E-state index contributed by atoms with van der Waals surface area (Å²) >= 11 is 0. The molecule has 1 saturated heterocycles. The van der Waals surface area contributed by atoms with Gasteiger partial charge in [0.05, 0.1) is 0 Å². The lowest BCUT2D eigenvalue weighted by Crippen LogP contribution is -2.17. The fraction of sp³-hybridized carbons (Fsp3) is 1.00. The van der Waals surface area contributed by atoms with Gasteiger partial charge in [-0.3, -0.25) is 0 Å². The van der Waals surface area contributed by atoms with Crippen molar-refractivity contribution < 1.29 is 0 Å². The summed E-state index contributed by atoms with van der Waals surface area (Å²) in [5.74, 6) is 0. The van der Waals surface area contributed by atoms with Crippen molar-refractivity contribution in [3.05, 3.63) is 0 Å². The second-order valence-corrected chi connectivity index (χ2v) is 2.14. The first-order chi connectivity index (χ1) is 3.43. The molecule has 42 valence electrons. The van der Waals surface area contributed by atoms with E-state index in [-0.39, 0.29) is 0 Å². The monoisotopic (exact) mass is 99.1 g/mol. The van der Waals surface area contributed by atoms with Crippen LogP contribution < -0.4 is 0 Å². The summed E-state index contributed by atoms with van der Waals surface area (Å²) in [6.45, 7) is 6.16. The predicted octanol–water partition coefficient (Wildman–Crippen LogP) is 1.10. The SMILES string of the molecule is CCN1CCCC1. The summed E-state index contributed by atoms with van der Waals surface area (Å²) in [6, 6.07) is 0. The van der Waals surface area contributed by atoms with Crippen molar-refractivity contribution in [3.63, 3.8) is 0 Å². The molecule has 0 aromatic rings. The second-order valence-electron chi connectivity index (χ2n) is 2.14. The molecule has 1 aliphatic rings. The fourth-order valence-electron chi connectivity index (χ4n) is 1.10. The summed E-state index contributed by atoms with van der Waals surface area (Å²) in [4.78, 5) is 2.49. The molecule has 0 aliphatic carbocycles. The van der Waals surface area contributed by atoms with Crippen LogP contribution in [0.5, 0.6) is 0 Å². The molecule has 1 fully saturated rings. The molecule has 0 aromatic heterocycles. The molecule has 0 unspecified atom stereocenters. The van der Waals surface area contributed by atoms with Gasteiger partial charge < -0.3 is 4.90 Å². The van der Waals surface area contributed by atoms with Crippen LogP contribution >= 0.6 is 0 Å². The second kappa shape index (κ2) is 2.31. The Labute approximate surface area is 45.3 Å². The lowest BCUT2D eigenvalue weighted by Gasteiger charge is -2.08. The summed E-state index contributed by atoms with van der Waals surface area (Å²) in [5.41, 5.74) is 0. The average Bonchev–Trinajstić information content (AvgIpc) is 2.14. The van der Waals surface area contributed by atoms with Gasteiger partial charge in [-0.25, -0.2) is 0 Å². The third-order valence-corrected chi connectivity index (χ3v) is 1.65. The van der Waals surface area contributed by atoms with Gasteiger partial charge in [0.25, 0.3) is 0 Å². The summed E-state index contributed by atoms with van der Waals surface area (Å²) in [5, 5.41) is 0. The van der Waals surface area contributed by atoms with Crippen molar-refractivity contribution in [2.24, 2.45) is 0 Å². The molecule has 1 rings (SSSR count). The third kappa shape index (κ3) is 1.16. The van der Waals surface area contributed by atoms with E-state index < -0.39 is 0 Å². The molecular formula is C6H13N. The molecule has 1 nitrogen and oxygen atoms in total. The van der Waals surface area contributed by atoms with Crippen LogP contribution in [0.1, 0.15) is 19.8 Å². The lowest BCUT2D eigenvalue weighted by molar-refractivity contribution is 0.359. The van der Waals surface area contributed by atoms with Crippen LogP contribution in [-0.4, -0.2) is 24.5 Å². The third-order valence-electron chi connectivity index (χ3n) is 1.65. The Hall–Kier alpha value is -0.0400. The first-order valence-corrected chi connectivity index (χ1v) is 3.16. The summed E-state index contributed by atoms with van der Waals surface area (Å²) < 4.78 is 0. The maximum absolute atomic E-state index is 2.49. The summed E-state index contributed by atoms with van der Waals surface area (Å²) in [6.07, 6.45) is 2.85. The molecule has 0 radical (unpaired) electrons. The number of likely N-dealkylation sites (tertiary alicyclic amines) is 1. The van der Waals surface area contributed by atoms with Gasteiger partial charge in [0, 0.05) is 0 Å². The van der Waals surface area contributed by atoms with Crippen LogP contribution in [0.15, 0.2) is 0 Å². The van der Waals surface area contributed by atoms with E-state index in [0.29, 0.717) is 0 Å². The fourth-order valence-corrected chi connectivity index (χ4v) is 1.10. The van der Waals surface area contributed by atoms with Crippen LogP contribution in [0.25, 0.3) is 0 Å². The van der Waals surface area contributed by atoms with E-state index in [9.17, 15) is 0 Å². The Balaban J connectivity index is 2.14. The van der Waals surface area contributed by atoms with Gasteiger partial charge in [-0.15, -0.1) is 0 Å². The highest BCUT2D eigenvalue weighted by Gasteiger charge is 2.06. The van der Waals surface area contributed by atoms with E-state index in [0.717, 1.165) is 0 Å². The Kier molecular flexibility index (Phi) is 1.69. The molecule has 7 heavy (non-hydrogen) atoms. The molecule has 0 spiro atoms. The highest BCUT2D eigenvalue weighted by atomic mass is 15.1. The number of rotatable bonds is 1. The first-order valence-electron chi connectivity index (χ1n) is 3.16. The number of nitrogens with zero attached hydrogens (tertiary/aromatic N) is 1. The smallest absolute Gasteiger partial charge is 0.00184 e. The van der Waals surface area contributed by atoms with Crippen molar-refractivity contribution in [3.8, 4) is 0 Å². The molecule has 1 heteroatoms. The molecule has 0 bridgehead atoms. The minimum Gasteiger partial charge on any atom is -0.304 e. The average molecular weight is 99.2 g/mol. The van der Waals surface area contributed by atoms with E-state index in [1.54, 1.807) is 0 Å². The van der Waals surface area contributed by atoms with Crippen LogP contribution in [0.3, 0.4) is 0 Å². The van der Waals surface area contributed by atoms with E-state index in [2.05, 4.69) is 11.8 Å². The molecule has 0 N–H and O–H groups in total. The van der Waals surface area contributed by atoms with Gasteiger partial charge in [-0.2, -0.15) is 0 Å². The molecular weight excluding hydrogens is 86.1 g/mol. The van der Waals surface area contributed by atoms with Gasteiger partial charge in [-0.05, 0) is 32.5 Å². The van der Waals surface area contributed by atoms with Crippen LogP contribution in [0, 0.1) is 0 Å². The minimum absolute atomic E-state index is 1.25. The Morgan fingerprint density at radius 3 is 2.14 bits per heavy atom.